The van der Waals surface area contributed by atoms with E-state index >= 15 is 0 Å². The number of hydrogen-bond donors (Lipinski definition) is 2. The van der Waals surface area contributed by atoms with Crippen molar-refractivity contribution in [2.45, 2.75) is 32.6 Å². The first-order chi connectivity index (χ1) is 8.99. The highest BCUT2D eigenvalue weighted by Crippen LogP contribution is 2.19. The number of carbonyl (C=O) groups is 2. The average molecular weight is 284 g/mol. The maximum Gasteiger partial charge on any atom is 0.303 e. The lowest BCUT2D eigenvalue weighted by Gasteiger charge is -2.08. The van der Waals surface area contributed by atoms with Gasteiger partial charge in [-0.3, -0.25) is 9.59 Å². The maximum absolute atomic E-state index is 11.3. The fraction of sp³-hybridized carbons (Fsp3) is 0.429. The zero-order valence-electron chi connectivity index (χ0n) is 10.9. The lowest BCUT2D eigenvalue weighted by atomic mass is 10.1. The van der Waals surface area contributed by atoms with Gasteiger partial charge >= 0.3 is 5.97 Å². The van der Waals surface area contributed by atoms with Crippen molar-refractivity contribution >= 4 is 29.0 Å². The highest BCUT2D eigenvalue weighted by atomic mass is 35.5. The van der Waals surface area contributed by atoms with Gasteiger partial charge in [-0.05, 0) is 38.0 Å². The fourth-order valence-corrected chi connectivity index (χ4v) is 1.94. The Kier molecular flexibility index (Phi) is 6.36. The monoisotopic (exact) mass is 283 g/mol. The number of halogens is 1. The van der Waals surface area contributed by atoms with Gasteiger partial charge in [0.05, 0.1) is 0 Å². The van der Waals surface area contributed by atoms with Crippen LogP contribution in [0.2, 0.25) is 5.02 Å². The molecular weight excluding hydrogens is 266 g/mol. The summed E-state index contributed by atoms with van der Waals surface area (Å²) >= 11 is 5.93. The van der Waals surface area contributed by atoms with Crippen molar-refractivity contribution in [2.75, 3.05) is 11.9 Å². The van der Waals surface area contributed by atoms with Crippen LogP contribution >= 0.6 is 11.6 Å². The van der Waals surface area contributed by atoms with Crippen LogP contribution in [0.15, 0.2) is 18.2 Å². The first kappa shape index (κ1) is 15.5. The summed E-state index contributed by atoms with van der Waals surface area (Å²) in [6, 6.07) is 5.18. The Morgan fingerprint density at radius 1 is 1.21 bits per heavy atom. The molecule has 0 radical (unpaired) electrons. The van der Waals surface area contributed by atoms with Crippen molar-refractivity contribution in [3.8, 4) is 0 Å². The molecule has 0 saturated heterocycles. The summed E-state index contributed by atoms with van der Waals surface area (Å²) in [6.07, 6.45) is 2.64. The Morgan fingerprint density at radius 3 is 2.58 bits per heavy atom. The van der Waals surface area contributed by atoms with Crippen LogP contribution in [-0.4, -0.2) is 23.4 Å². The van der Waals surface area contributed by atoms with Gasteiger partial charge in [0.2, 0.25) is 0 Å². The molecule has 1 rings (SSSR count). The van der Waals surface area contributed by atoms with Crippen LogP contribution in [0.25, 0.3) is 0 Å². The number of carboxylic acids is 1. The normalized spacial score (nSPS) is 10.2. The molecule has 0 amide bonds. The van der Waals surface area contributed by atoms with E-state index in [4.69, 9.17) is 16.7 Å². The molecule has 0 aromatic heterocycles. The van der Waals surface area contributed by atoms with E-state index < -0.39 is 5.97 Å². The fourth-order valence-electron chi connectivity index (χ4n) is 1.71. The zero-order chi connectivity index (χ0) is 14.3. The summed E-state index contributed by atoms with van der Waals surface area (Å²) in [5.41, 5.74) is 1.40. The Balaban J connectivity index is 2.37. The second-order valence-electron chi connectivity index (χ2n) is 4.42. The summed E-state index contributed by atoms with van der Waals surface area (Å²) in [4.78, 5) is 21.6. The Bertz CT molecular complexity index is 460. The van der Waals surface area contributed by atoms with E-state index in [-0.39, 0.29) is 12.2 Å². The van der Waals surface area contributed by atoms with Crippen LogP contribution in [-0.2, 0) is 4.79 Å². The molecule has 0 saturated carbocycles. The van der Waals surface area contributed by atoms with Gasteiger partial charge < -0.3 is 10.4 Å². The second-order valence-corrected chi connectivity index (χ2v) is 4.85. The molecular formula is C14H18ClNO3. The molecule has 0 bridgehead atoms. The minimum Gasteiger partial charge on any atom is -0.481 e. The zero-order valence-corrected chi connectivity index (χ0v) is 11.7. The number of anilines is 1. The van der Waals surface area contributed by atoms with Gasteiger partial charge in [-0.15, -0.1) is 0 Å². The molecule has 0 aliphatic rings. The van der Waals surface area contributed by atoms with Gasteiger partial charge in [-0.25, -0.2) is 0 Å². The smallest absolute Gasteiger partial charge is 0.303 e. The molecule has 0 heterocycles. The van der Waals surface area contributed by atoms with Crippen molar-refractivity contribution in [1.29, 1.82) is 0 Å². The van der Waals surface area contributed by atoms with Gasteiger partial charge in [0, 0.05) is 29.2 Å². The van der Waals surface area contributed by atoms with Crippen molar-refractivity contribution in [3.05, 3.63) is 28.8 Å². The van der Waals surface area contributed by atoms with E-state index in [2.05, 4.69) is 5.32 Å². The van der Waals surface area contributed by atoms with Crippen LogP contribution in [0.5, 0.6) is 0 Å². The number of nitrogens with one attached hydrogen (secondary N) is 1. The van der Waals surface area contributed by atoms with Gasteiger partial charge in [0.15, 0.2) is 5.78 Å². The lowest BCUT2D eigenvalue weighted by molar-refractivity contribution is -0.137. The number of benzene rings is 1. The van der Waals surface area contributed by atoms with Crippen LogP contribution < -0.4 is 5.32 Å². The van der Waals surface area contributed by atoms with Crippen LogP contribution in [0.1, 0.15) is 43.0 Å². The number of ketones is 1. The highest BCUT2D eigenvalue weighted by Gasteiger charge is 2.03. The van der Waals surface area contributed by atoms with E-state index in [0.717, 1.165) is 25.1 Å². The molecule has 104 valence electrons. The van der Waals surface area contributed by atoms with Gasteiger partial charge in [-0.2, -0.15) is 0 Å². The summed E-state index contributed by atoms with van der Waals surface area (Å²) < 4.78 is 0. The maximum atomic E-state index is 11.3. The molecule has 0 atom stereocenters. The molecule has 0 aliphatic carbocycles. The van der Waals surface area contributed by atoms with E-state index in [9.17, 15) is 9.59 Å². The summed E-state index contributed by atoms with van der Waals surface area (Å²) in [7, 11) is 0. The van der Waals surface area contributed by atoms with Gasteiger partial charge in [0.1, 0.15) is 0 Å². The molecule has 0 fully saturated rings. The first-order valence-corrected chi connectivity index (χ1v) is 6.64. The van der Waals surface area contributed by atoms with Gasteiger partial charge in [-0.1, -0.05) is 18.0 Å². The van der Waals surface area contributed by atoms with E-state index in [1.54, 1.807) is 18.2 Å². The SMILES string of the molecule is CC(=O)c1cc(Cl)cc(NCCCCCC(=O)O)c1. The Morgan fingerprint density at radius 2 is 1.95 bits per heavy atom. The third-order valence-electron chi connectivity index (χ3n) is 2.70. The number of rotatable bonds is 8. The topological polar surface area (TPSA) is 66.4 Å². The lowest BCUT2D eigenvalue weighted by Crippen LogP contribution is -2.03. The van der Waals surface area contributed by atoms with Crippen molar-refractivity contribution < 1.29 is 14.7 Å². The van der Waals surface area contributed by atoms with Crippen molar-refractivity contribution in [3.63, 3.8) is 0 Å². The molecule has 5 heteroatoms. The second kappa shape index (κ2) is 7.79. The predicted octanol–water partition coefficient (Wildman–Crippen LogP) is 3.60. The molecule has 1 aromatic carbocycles. The van der Waals surface area contributed by atoms with E-state index in [1.165, 1.54) is 6.92 Å². The summed E-state index contributed by atoms with van der Waals surface area (Å²) in [5.74, 6) is -0.777. The minimum absolute atomic E-state index is 0.0213. The minimum atomic E-state index is -0.756. The molecule has 1 aromatic rings. The summed E-state index contributed by atoms with van der Waals surface area (Å²) in [5, 5.41) is 12.2. The molecule has 4 nitrogen and oxygen atoms in total. The quantitative estimate of drug-likeness (QED) is 0.565. The van der Waals surface area contributed by atoms with Crippen molar-refractivity contribution in [2.24, 2.45) is 0 Å². The number of carboxylic acid groups (broad SMARTS) is 1. The number of hydrogen-bond acceptors (Lipinski definition) is 3. The van der Waals surface area contributed by atoms with Crippen LogP contribution in [0.4, 0.5) is 5.69 Å². The molecule has 0 aliphatic heterocycles. The standard InChI is InChI=1S/C14H18ClNO3/c1-10(17)11-7-12(15)9-13(8-11)16-6-4-2-3-5-14(18)19/h7-9,16H,2-6H2,1H3,(H,18,19). The van der Waals surface area contributed by atoms with Crippen LogP contribution in [0, 0.1) is 0 Å². The largest absolute Gasteiger partial charge is 0.481 e. The number of carbonyl (C=O) groups excluding carboxylic acids is 1. The van der Waals surface area contributed by atoms with Gasteiger partial charge in [0.25, 0.3) is 0 Å². The molecule has 0 spiro atoms. The van der Waals surface area contributed by atoms with Crippen molar-refractivity contribution in [1.82, 2.24) is 0 Å². The molecule has 2 N–H and O–H groups in total. The molecule has 19 heavy (non-hydrogen) atoms. The third-order valence-corrected chi connectivity index (χ3v) is 2.92. The highest BCUT2D eigenvalue weighted by molar-refractivity contribution is 6.31. The predicted molar refractivity (Wildman–Crippen MR) is 76.1 cm³/mol. The Labute approximate surface area is 117 Å². The first-order valence-electron chi connectivity index (χ1n) is 6.26. The van der Waals surface area contributed by atoms with Crippen LogP contribution in [0.3, 0.4) is 0 Å². The Hall–Kier alpha value is -1.55. The third kappa shape index (κ3) is 6.25. The van der Waals surface area contributed by atoms with E-state index in [1.807, 2.05) is 0 Å². The summed E-state index contributed by atoms with van der Waals surface area (Å²) in [6.45, 7) is 2.23. The van der Waals surface area contributed by atoms with E-state index in [0.29, 0.717) is 17.0 Å². The average Bonchev–Trinajstić information content (AvgIpc) is 2.32. The number of unbranched alkanes of at least 4 members (excludes halogenated alkanes) is 2. The number of Topliss-reactive ketones (excluding diaryl/α,β-unsaturated/α-hetero) is 1. The molecule has 0 unspecified atom stereocenters. The number of aliphatic carboxylic acids is 1.